The maximum atomic E-state index is 11.6. The summed E-state index contributed by atoms with van der Waals surface area (Å²) in [6.45, 7) is 3.16. The van der Waals surface area contributed by atoms with E-state index in [-0.39, 0.29) is 18.6 Å². The first-order valence-corrected chi connectivity index (χ1v) is 7.03. The summed E-state index contributed by atoms with van der Waals surface area (Å²) in [6.07, 6.45) is 0.267. The lowest BCUT2D eigenvalue weighted by molar-refractivity contribution is -0.137. The van der Waals surface area contributed by atoms with Gasteiger partial charge in [0.2, 0.25) is 0 Å². The minimum absolute atomic E-state index is 0.0475. The standard InChI is InChI=1S/C15H22N2O4/c1-2-21-13(12-7-4-3-5-8-12)11-17-15(20)16-10-6-9-14(18)19/h3-5,7-8,13H,2,6,9-11H2,1H3,(H,18,19)(H2,16,17,20). The van der Waals surface area contributed by atoms with Crippen LogP contribution in [0.15, 0.2) is 30.3 Å². The zero-order chi connectivity index (χ0) is 15.5. The van der Waals surface area contributed by atoms with Crippen LogP contribution in [-0.4, -0.2) is 36.8 Å². The van der Waals surface area contributed by atoms with Crippen molar-refractivity contribution in [2.75, 3.05) is 19.7 Å². The van der Waals surface area contributed by atoms with Gasteiger partial charge in [-0.3, -0.25) is 4.79 Å². The molecule has 1 rings (SSSR count). The summed E-state index contributed by atoms with van der Waals surface area (Å²) in [4.78, 5) is 21.9. The maximum Gasteiger partial charge on any atom is 0.314 e. The third-order valence-electron chi connectivity index (χ3n) is 2.84. The van der Waals surface area contributed by atoms with Gasteiger partial charge in [-0.2, -0.15) is 0 Å². The van der Waals surface area contributed by atoms with Crippen LogP contribution in [0.25, 0.3) is 0 Å². The molecule has 0 heterocycles. The number of urea groups is 1. The highest BCUT2D eigenvalue weighted by Gasteiger charge is 2.12. The summed E-state index contributed by atoms with van der Waals surface area (Å²) < 4.78 is 5.62. The molecule has 0 bridgehead atoms. The van der Waals surface area contributed by atoms with Gasteiger partial charge in [-0.05, 0) is 18.9 Å². The molecule has 0 aliphatic carbocycles. The molecular weight excluding hydrogens is 272 g/mol. The summed E-state index contributed by atoms with van der Waals surface area (Å²) in [6, 6.07) is 9.36. The molecule has 3 N–H and O–H groups in total. The molecule has 116 valence electrons. The fourth-order valence-electron chi connectivity index (χ4n) is 1.83. The number of hydrogen-bond donors (Lipinski definition) is 3. The molecule has 1 aromatic rings. The first-order valence-electron chi connectivity index (χ1n) is 7.03. The van der Waals surface area contributed by atoms with Crippen molar-refractivity contribution >= 4 is 12.0 Å². The van der Waals surface area contributed by atoms with Crippen molar-refractivity contribution in [3.63, 3.8) is 0 Å². The molecule has 0 aromatic heterocycles. The van der Waals surface area contributed by atoms with Gasteiger partial charge in [0.05, 0.1) is 6.10 Å². The van der Waals surface area contributed by atoms with E-state index >= 15 is 0 Å². The van der Waals surface area contributed by atoms with Crippen LogP contribution in [0.3, 0.4) is 0 Å². The van der Waals surface area contributed by atoms with Crippen molar-refractivity contribution < 1.29 is 19.4 Å². The number of hydrogen-bond acceptors (Lipinski definition) is 3. The lowest BCUT2D eigenvalue weighted by atomic mass is 10.1. The highest BCUT2D eigenvalue weighted by molar-refractivity contribution is 5.74. The maximum absolute atomic E-state index is 11.6. The first-order chi connectivity index (χ1) is 10.1. The second-order valence-electron chi connectivity index (χ2n) is 4.49. The van der Waals surface area contributed by atoms with Crippen LogP contribution in [0.5, 0.6) is 0 Å². The number of carbonyl (C=O) groups excluding carboxylic acids is 1. The predicted molar refractivity (Wildman–Crippen MR) is 79.1 cm³/mol. The molecule has 0 aliphatic heterocycles. The van der Waals surface area contributed by atoms with E-state index in [1.807, 2.05) is 37.3 Å². The van der Waals surface area contributed by atoms with Crippen molar-refractivity contribution in [3.8, 4) is 0 Å². The van der Waals surface area contributed by atoms with E-state index in [1.165, 1.54) is 0 Å². The number of rotatable bonds is 9. The van der Waals surface area contributed by atoms with Crippen LogP contribution in [0.4, 0.5) is 4.79 Å². The smallest absolute Gasteiger partial charge is 0.314 e. The van der Waals surface area contributed by atoms with Gasteiger partial charge < -0.3 is 20.5 Å². The van der Waals surface area contributed by atoms with Crippen molar-refractivity contribution in [1.29, 1.82) is 0 Å². The van der Waals surface area contributed by atoms with Gasteiger partial charge >= 0.3 is 12.0 Å². The molecular formula is C15H22N2O4. The number of benzene rings is 1. The Hall–Kier alpha value is -2.08. The molecule has 1 unspecified atom stereocenters. The van der Waals surface area contributed by atoms with Gasteiger partial charge in [-0.1, -0.05) is 30.3 Å². The lowest BCUT2D eigenvalue weighted by Gasteiger charge is -2.18. The molecule has 1 aromatic carbocycles. The minimum atomic E-state index is -0.863. The Morgan fingerprint density at radius 2 is 1.95 bits per heavy atom. The molecule has 0 radical (unpaired) electrons. The number of aliphatic carboxylic acids is 1. The Labute approximate surface area is 124 Å². The first kappa shape index (κ1) is 17.0. The van der Waals surface area contributed by atoms with Crippen LogP contribution < -0.4 is 10.6 Å². The Morgan fingerprint density at radius 3 is 2.57 bits per heavy atom. The van der Waals surface area contributed by atoms with E-state index < -0.39 is 5.97 Å². The average molecular weight is 294 g/mol. The molecule has 6 heteroatoms. The molecule has 0 fully saturated rings. The van der Waals surface area contributed by atoms with E-state index in [1.54, 1.807) is 0 Å². The van der Waals surface area contributed by atoms with Crippen LogP contribution >= 0.6 is 0 Å². The Morgan fingerprint density at radius 1 is 1.24 bits per heavy atom. The second-order valence-corrected chi connectivity index (χ2v) is 4.49. The number of ether oxygens (including phenoxy) is 1. The Kier molecular flexibility index (Phi) is 7.89. The number of amides is 2. The fourth-order valence-corrected chi connectivity index (χ4v) is 1.83. The number of carbonyl (C=O) groups is 2. The molecule has 1 atom stereocenters. The summed E-state index contributed by atoms with van der Waals surface area (Å²) in [7, 11) is 0. The molecule has 0 saturated heterocycles. The van der Waals surface area contributed by atoms with Gasteiger partial charge in [0.15, 0.2) is 0 Å². The molecule has 2 amide bonds. The Balaban J connectivity index is 2.33. The van der Waals surface area contributed by atoms with Crippen LogP contribution in [0, 0.1) is 0 Å². The molecule has 21 heavy (non-hydrogen) atoms. The number of carboxylic acids is 1. The number of nitrogens with one attached hydrogen (secondary N) is 2. The summed E-state index contributed by atoms with van der Waals surface area (Å²) in [5, 5.41) is 13.8. The largest absolute Gasteiger partial charge is 0.481 e. The SMILES string of the molecule is CCOC(CNC(=O)NCCCC(=O)O)c1ccccc1. The normalized spacial score (nSPS) is 11.7. The van der Waals surface area contributed by atoms with E-state index in [0.717, 1.165) is 5.56 Å². The molecule has 0 spiro atoms. The van der Waals surface area contributed by atoms with E-state index in [4.69, 9.17) is 9.84 Å². The van der Waals surface area contributed by atoms with Crippen LogP contribution in [-0.2, 0) is 9.53 Å². The highest BCUT2D eigenvalue weighted by atomic mass is 16.5. The number of carboxylic acid groups (broad SMARTS) is 1. The molecule has 0 saturated carbocycles. The van der Waals surface area contributed by atoms with Gasteiger partial charge in [0.1, 0.15) is 0 Å². The highest BCUT2D eigenvalue weighted by Crippen LogP contribution is 2.15. The van der Waals surface area contributed by atoms with E-state index in [0.29, 0.717) is 26.1 Å². The zero-order valence-electron chi connectivity index (χ0n) is 12.2. The second kappa shape index (κ2) is 9.77. The fraction of sp³-hybridized carbons (Fsp3) is 0.467. The third-order valence-corrected chi connectivity index (χ3v) is 2.84. The lowest BCUT2D eigenvalue weighted by Crippen LogP contribution is -2.38. The van der Waals surface area contributed by atoms with Gasteiger partial charge in [-0.15, -0.1) is 0 Å². The van der Waals surface area contributed by atoms with Crippen molar-refractivity contribution in [2.45, 2.75) is 25.9 Å². The Bertz CT molecular complexity index is 437. The third kappa shape index (κ3) is 7.31. The van der Waals surface area contributed by atoms with Crippen molar-refractivity contribution in [2.24, 2.45) is 0 Å². The average Bonchev–Trinajstić information content (AvgIpc) is 2.48. The quantitative estimate of drug-likeness (QED) is 0.607. The minimum Gasteiger partial charge on any atom is -0.481 e. The van der Waals surface area contributed by atoms with Crippen LogP contribution in [0.1, 0.15) is 31.4 Å². The van der Waals surface area contributed by atoms with Gasteiger partial charge in [0.25, 0.3) is 0 Å². The van der Waals surface area contributed by atoms with E-state index in [2.05, 4.69) is 10.6 Å². The topological polar surface area (TPSA) is 87.7 Å². The molecule has 6 nitrogen and oxygen atoms in total. The summed E-state index contributed by atoms with van der Waals surface area (Å²) >= 11 is 0. The summed E-state index contributed by atoms with van der Waals surface area (Å²) in [5.41, 5.74) is 1.01. The zero-order valence-corrected chi connectivity index (χ0v) is 12.2. The van der Waals surface area contributed by atoms with Crippen LogP contribution in [0.2, 0.25) is 0 Å². The monoisotopic (exact) mass is 294 g/mol. The predicted octanol–water partition coefficient (Wildman–Crippen LogP) is 1.93. The van der Waals surface area contributed by atoms with Gasteiger partial charge in [-0.25, -0.2) is 4.79 Å². The van der Waals surface area contributed by atoms with Crippen molar-refractivity contribution in [3.05, 3.63) is 35.9 Å². The van der Waals surface area contributed by atoms with E-state index in [9.17, 15) is 9.59 Å². The van der Waals surface area contributed by atoms with Crippen molar-refractivity contribution in [1.82, 2.24) is 10.6 Å². The van der Waals surface area contributed by atoms with Gasteiger partial charge in [0, 0.05) is 26.1 Å². The summed E-state index contributed by atoms with van der Waals surface area (Å²) in [5.74, 6) is -0.863. The molecule has 0 aliphatic rings.